The standard InChI is InChI=1S/C21H16N4O3S/c1-12-15(8-9-27-12)20-23-24-21(25(20)22)29-11-14-10-18(26)28-17-7-6-13-4-2-3-5-16(13)19(14)17/h2-10H,11,22H2,1H3. The molecule has 0 aliphatic heterocycles. The lowest BCUT2D eigenvalue weighted by molar-refractivity contribution is 0.535. The second kappa shape index (κ2) is 6.82. The molecule has 5 aromatic rings. The van der Waals surface area contributed by atoms with Gasteiger partial charge in [-0.25, -0.2) is 9.47 Å². The fourth-order valence-electron chi connectivity index (χ4n) is 3.45. The molecule has 0 aliphatic rings. The minimum absolute atomic E-state index is 0.382. The Labute approximate surface area is 169 Å². The summed E-state index contributed by atoms with van der Waals surface area (Å²) in [5.74, 6) is 7.96. The van der Waals surface area contributed by atoms with Crippen molar-refractivity contribution in [1.29, 1.82) is 0 Å². The van der Waals surface area contributed by atoms with Crippen LogP contribution in [0.25, 0.3) is 33.1 Å². The molecule has 0 bridgehead atoms. The third-order valence-corrected chi connectivity index (χ3v) is 5.83. The lowest BCUT2D eigenvalue weighted by atomic mass is 10.0. The summed E-state index contributed by atoms with van der Waals surface area (Å²) in [6, 6.07) is 15.1. The van der Waals surface area contributed by atoms with Crippen LogP contribution in [0.2, 0.25) is 0 Å². The Kier molecular flexibility index (Phi) is 4.13. The van der Waals surface area contributed by atoms with Gasteiger partial charge in [-0.1, -0.05) is 42.1 Å². The number of hydrogen-bond donors (Lipinski definition) is 1. The van der Waals surface area contributed by atoms with E-state index in [2.05, 4.69) is 10.2 Å². The monoisotopic (exact) mass is 404 g/mol. The van der Waals surface area contributed by atoms with E-state index in [1.807, 2.05) is 43.3 Å². The van der Waals surface area contributed by atoms with Gasteiger partial charge in [0, 0.05) is 17.2 Å². The van der Waals surface area contributed by atoms with Gasteiger partial charge in [-0.15, -0.1) is 10.2 Å². The number of aromatic nitrogens is 3. The smallest absolute Gasteiger partial charge is 0.336 e. The highest BCUT2D eigenvalue weighted by molar-refractivity contribution is 7.98. The molecule has 0 atom stereocenters. The van der Waals surface area contributed by atoms with E-state index in [0.29, 0.717) is 22.3 Å². The van der Waals surface area contributed by atoms with E-state index in [0.717, 1.165) is 33.0 Å². The molecule has 29 heavy (non-hydrogen) atoms. The number of hydrogen-bond acceptors (Lipinski definition) is 7. The first-order chi connectivity index (χ1) is 14.1. The van der Waals surface area contributed by atoms with Crippen LogP contribution >= 0.6 is 11.8 Å². The van der Waals surface area contributed by atoms with E-state index in [4.69, 9.17) is 14.7 Å². The quantitative estimate of drug-likeness (QED) is 0.208. The van der Waals surface area contributed by atoms with Crippen LogP contribution in [0, 0.1) is 6.92 Å². The van der Waals surface area contributed by atoms with E-state index >= 15 is 0 Å². The number of benzene rings is 2. The molecule has 144 valence electrons. The van der Waals surface area contributed by atoms with Gasteiger partial charge in [0.15, 0.2) is 5.82 Å². The minimum Gasteiger partial charge on any atom is -0.469 e. The SMILES string of the molecule is Cc1occc1-c1nnc(SCc2cc(=O)oc3ccc4ccccc4c23)n1N. The second-order valence-electron chi connectivity index (χ2n) is 6.61. The van der Waals surface area contributed by atoms with Crippen molar-refractivity contribution in [3.8, 4) is 11.4 Å². The molecule has 2 aromatic carbocycles. The first-order valence-corrected chi connectivity index (χ1v) is 9.92. The van der Waals surface area contributed by atoms with Gasteiger partial charge in [0.2, 0.25) is 5.16 Å². The fraction of sp³-hybridized carbons (Fsp3) is 0.0952. The van der Waals surface area contributed by atoms with Crippen molar-refractivity contribution in [2.75, 3.05) is 5.84 Å². The summed E-state index contributed by atoms with van der Waals surface area (Å²) in [6.07, 6.45) is 1.59. The van der Waals surface area contributed by atoms with E-state index < -0.39 is 0 Å². The van der Waals surface area contributed by atoms with Crippen molar-refractivity contribution in [3.05, 3.63) is 76.5 Å². The largest absolute Gasteiger partial charge is 0.469 e. The van der Waals surface area contributed by atoms with Gasteiger partial charge in [-0.2, -0.15) is 0 Å². The van der Waals surface area contributed by atoms with Crippen molar-refractivity contribution in [2.24, 2.45) is 0 Å². The van der Waals surface area contributed by atoms with Crippen molar-refractivity contribution in [3.63, 3.8) is 0 Å². The lowest BCUT2D eigenvalue weighted by Crippen LogP contribution is -2.11. The predicted molar refractivity (Wildman–Crippen MR) is 112 cm³/mol. The molecule has 0 spiro atoms. The first kappa shape index (κ1) is 17.6. The van der Waals surface area contributed by atoms with Crippen LogP contribution in [0.15, 0.2) is 73.6 Å². The maximum atomic E-state index is 12.1. The molecule has 0 aliphatic carbocycles. The Morgan fingerprint density at radius 1 is 1.14 bits per heavy atom. The van der Waals surface area contributed by atoms with Gasteiger partial charge in [-0.3, -0.25) is 0 Å². The van der Waals surface area contributed by atoms with Crippen LogP contribution in [-0.2, 0) is 5.75 Å². The number of nitrogens with zero attached hydrogens (tertiary/aromatic N) is 3. The third-order valence-electron chi connectivity index (χ3n) is 4.84. The zero-order chi connectivity index (χ0) is 20.0. The molecular weight excluding hydrogens is 388 g/mol. The third kappa shape index (κ3) is 2.98. The van der Waals surface area contributed by atoms with Crippen LogP contribution in [0.1, 0.15) is 11.3 Å². The Morgan fingerprint density at radius 2 is 2.00 bits per heavy atom. The average Bonchev–Trinajstić information content (AvgIpc) is 3.30. The van der Waals surface area contributed by atoms with Gasteiger partial charge < -0.3 is 14.7 Å². The molecule has 2 N–H and O–H groups in total. The Balaban J connectivity index is 1.55. The molecular formula is C21H16N4O3S. The summed E-state index contributed by atoms with van der Waals surface area (Å²) in [4.78, 5) is 12.1. The molecule has 0 radical (unpaired) electrons. The summed E-state index contributed by atoms with van der Waals surface area (Å²) in [5.41, 5.74) is 1.84. The highest BCUT2D eigenvalue weighted by atomic mass is 32.2. The van der Waals surface area contributed by atoms with Crippen LogP contribution in [0.5, 0.6) is 0 Å². The molecule has 0 amide bonds. The van der Waals surface area contributed by atoms with Crippen LogP contribution in [-0.4, -0.2) is 14.9 Å². The van der Waals surface area contributed by atoms with E-state index in [9.17, 15) is 4.79 Å². The molecule has 3 aromatic heterocycles. The second-order valence-corrected chi connectivity index (χ2v) is 7.55. The molecule has 3 heterocycles. The number of aryl methyl sites for hydroxylation is 1. The highest BCUT2D eigenvalue weighted by Gasteiger charge is 2.17. The number of fused-ring (bicyclic) bond motifs is 3. The molecule has 7 nitrogen and oxygen atoms in total. The summed E-state index contributed by atoms with van der Waals surface area (Å²) in [6.45, 7) is 1.84. The molecule has 8 heteroatoms. The summed E-state index contributed by atoms with van der Waals surface area (Å²) >= 11 is 1.41. The molecule has 0 saturated carbocycles. The van der Waals surface area contributed by atoms with Crippen LogP contribution in [0.3, 0.4) is 0 Å². The van der Waals surface area contributed by atoms with E-state index in [1.54, 1.807) is 12.3 Å². The number of nitrogen functional groups attached to an aromatic ring is 1. The minimum atomic E-state index is -0.382. The van der Waals surface area contributed by atoms with Gasteiger partial charge in [0.25, 0.3) is 0 Å². The number of thioether (sulfide) groups is 1. The Morgan fingerprint density at radius 3 is 2.83 bits per heavy atom. The van der Waals surface area contributed by atoms with Gasteiger partial charge in [0.1, 0.15) is 11.3 Å². The van der Waals surface area contributed by atoms with Gasteiger partial charge >= 0.3 is 5.63 Å². The fourth-order valence-corrected chi connectivity index (χ4v) is 4.29. The van der Waals surface area contributed by atoms with Gasteiger partial charge in [0.05, 0.1) is 11.8 Å². The number of furan rings is 1. The zero-order valence-electron chi connectivity index (χ0n) is 15.5. The topological polar surface area (TPSA) is 100 Å². The Bertz CT molecular complexity index is 1420. The Hall–Kier alpha value is -3.52. The van der Waals surface area contributed by atoms with Gasteiger partial charge in [-0.05, 0) is 35.4 Å². The van der Waals surface area contributed by atoms with E-state index in [1.165, 1.54) is 22.5 Å². The van der Waals surface area contributed by atoms with Crippen LogP contribution in [0.4, 0.5) is 0 Å². The molecule has 0 saturated heterocycles. The lowest BCUT2D eigenvalue weighted by Gasteiger charge is -2.08. The van der Waals surface area contributed by atoms with Crippen molar-refractivity contribution in [1.82, 2.24) is 14.9 Å². The molecule has 0 fully saturated rings. The maximum absolute atomic E-state index is 12.1. The predicted octanol–water partition coefficient (Wildman–Crippen LogP) is 4.11. The summed E-state index contributed by atoms with van der Waals surface area (Å²) in [7, 11) is 0. The summed E-state index contributed by atoms with van der Waals surface area (Å²) < 4.78 is 12.2. The summed E-state index contributed by atoms with van der Waals surface area (Å²) in [5, 5.41) is 12.0. The van der Waals surface area contributed by atoms with E-state index in [-0.39, 0.29) is 5.63 Å². The highest BCUT2D eigenvalue weighted by Crippen LogP contribution is 2.32. The maximum Gasteiger partial charge on any atom is 0.336 e. The molecule has 0 unspecified atom stereocenters. The van der Waals surface area contributed by atoms with Crippen molar-refractivity contribution >= 4 is 33.5 Å². The first-order valence-electron chi connectivity index (χ1n) is 8.94. The average molecular weight is 404 g/mol. The zero-order valence-corrected chi connectivity index (χ0v) is 16.3. The normalized spacial score (nSPS) is 11.5. The number of rotatable bonds is 4. The molecule has 5 rings (SSSR count). The van der Waals surface area contributed by atoms with Crippen molar-refractivity contribution < 1.29 is 8.83 Å². The van der Waals surface area contributed by atoms with Crippen LogP contribution < -0.4 is 11.5 Å². The number of nitrogens with two attached hydrogens (primary N) is 1. The van der Waals surface area contributed by atoms with Crippen molar-refractivity contribution in [2.45, 2.75) is 17.8 Å².